The summed E-state index contributed by atoms with van der Waals surface area (Å²) in [6.07, 6.45) is 1.88. The molecule has 0 saturated carbocycles. The van der Waals surface area contributed by atoms with E-state index in [1.54, 1.807) is 0 Å². The van der Waals surface area contributed by atoms with E-state index in [2.05, 4.69) is 53.6 Å². The summed E-state index contributed by atoms with van der Waals surface area (Å²) in [5.74, 6) is 6.18. The van der Waals surface area contributed by atoms with Crippen LogP contribution in [0.1, 0.15) is 33.7 Å². The molecule has 142 valence electrons. The van der Waals surface area contributed by atoms with Crippen molar-refractivity contribution in [1.82, 2.24) is 5.32 Å². The third-order valence-electron chi connectivity index (χ3n) is 5.77. The second-order valence-electron chi connectivity index (χ2n) is 7.46. The average Bonchev–Trinajstić information content (AvgIpc) is 3.05. The highest BCUT2D eigenvalue weighted by molar-refractivity contribution is 5.79. The summed E-state index contributed by atoms with van der Waals surface area (Å²) in [4.78, 5) is 12.1. The van der Waals surface area contributed by atoms with E-state index in [9.17, 15) is 4.79 Å². The van der Waals surface area contributed by atoms with Crippen LogP contribution in [-0.2, 0) is 17.6 Å². The zero-order valence-corrected chi connectivity index (χ0v) is 16.1. The fraction of sp³-hybridized carbons (Fsp3) is 0.192. The molecule has 0 atom stereocenters. The molecule has 3 nitrogen and oxygen atoms in total. The van der Waals surface area contributed by atoms with Crippen molar-refractivity contribution in [3.8, 4) is 23.0 Å². The number of hydrogen-bond donors (Lipinski definition) is 1. The smallest absolute Gasteiger partial charge is 0.407 e. The Balaban J connectivity index is 1.18. The number of ether oxygens (including phenoxy) is 1. The molecule has 0 aromatic heterocycles. The van der Waals surface area contributed by atoms with Gasteiger partial charge in [-0.2, -0.15) is 0 Å². The van der Waals surface area contributed by atoms with Crippen LogP contribution >= 0.6 is 0 Å². The SMILES string of the molecule is O=C(NCC#Cc1ccc2c(c1)CC2)OCC1c2ccccc2-c2ccccc21. The Labute approximate surface area is 170 Å². The van der Waals surface area contributed by atoms with Crippen LogP contribution in [-0.4, -0.2) is 19.2 Å². The summed E-state index contributed by atoms with van der Waals surface area (Å²) in [5.41, 5.74) is 8.68. The molecule has 2 aliphatic rings. The van der Waals surface area contributed by atoms with Gasteiger partial charge in [-0.1, -0.05) is 66.4 Å². The van der Waals surface area contributed by atoms with Crippen molar-refractivity contribution < 1.29 is 9.53 Å². The van der Waals surface area contributed by atoms with E-state index in [0.717, 1.165) is 12.0 Å². The van der Waals surface area contributed by atoms with E-state index in [1.165, 1.54) is 39.8 Å². The molecule has 3 aromatic rings. The van der Waals surface area contributed by atoms with E-state index in [0.29, 0.717) is 6.61 Å². The third kappa shape index (κ3) is 3.39. The van der Waals surface area contributed by atoms with E-state index in [4.69, 9.17) is 4.74 Å². The first-order chi connectivity index (χ1) is 14.3. The minimum Gasteiger partial charge on any atom is -0.449 e. The van der Waals surface area contributed by atoms with Gasteiger partial charge in [0.1, 0.15) is 6.61 Å². The quantitative estimate of drug-likeness (QED) is 0.672. The molecule has 0 unspecified atom stereocenters. The highest BCUT2D eigenvalue weighted by atomic mass is 16.5. The molecule has 0 spiro atoms. The van der Waals surface area contributed by atoms with Gasteiger partial charge in [-0.25, -0.2) is 4.79 Å². The largest absolute Gasteiger partial charge is 0.449 e. The molecule has 0 saturated heterocycles. The minimum atomic E-state index is -0.432. The lowest BCUT2D eigenvalue weighted by atomic mass is 9.87. The molecule has 0 aliphatic heterocycles. The van der Waals surface area contributed by atoms with Gasteiger partial charge in [-0.05, 0) is 58.4 Å². The molecule has 5 rings (SSSR count). The maximum atomic E-state index is 12.1. The number of carbonyl (C=O) groups is 1. The van der Waals surface area contributed by atoms with Gasteiger partial charge >= 0.3 is 6.09 Å². The molecule has 3 aromatic carbocycles. The van der Waals surface area contributed by atoms with Gasteiger partial charge in [0.25, 0.3) is 0 Å². The number of aryl methyl sites for hydroxylation is 2. The van der Waals surface area contributed by atoms with Crippen molar-refractivity contribution in [2.75, 3.05) is 13.2 Å². The summed E-state index contributed by atoms with van der Waals surface area (Å²) >= 11 is 0. The zero-order valence-electron chi connectivity index (χ0n) is 16.1. The number of amides is 1. The predicted octanol–water partition coefficient (Wildman–Crippen LogP) is 4.68. The molecular formula is C26H21NO2. The van der Waals surface area contributed by atoms with E-state index >= 15 is 0 Å². The van der Waals surface area contributed by atoms with Gasteiger partial charge in [0.15, 0.2) is 0 Å². The minimum absolute atomic E-state index is 0.0710. The van der Waals surface area contributed by atoms with Crippen LogP contribution in [0.2, 0.25) is 0 Å². The molecule has 0 fully saturated rings. The van der Waals surface area contributed by atoms with Crippen LogP contribution in [0.15, 0.2) is 66.7 Å². The number of nitrogens with one attached hydrogen (secondary N) is 1. The standard InChI is InChI=1S/C26H21NO2/c28-26(27-15-5-6-18-11-12-19-13-14-20(19)16-18)29-17-25-23-9-3-1-7-21(23)22-8-2-4-10-24(22)25/h1-4,7-12,16,25H,13-15,17H2,(H,27,28). The highest BCUT2D eigenvalue weighted by Gasteiger charge is 2.28. The topological polar surface area (TPSA) is 38.3 Å². The summed E-state index contributed by atoms with van der Waals surface area (Å²) in [6.45, 7) is 0.589. The average molecular weight is 379 g/mol. The Morgan fingerprint density at radius 1 is 0.931 bits per heavy atom. The van der Waals surface area contributed by atoms with Crippen LogP contribution in [0.5, 0.6) is 0 Å². The van der Waals surface area contributed by atoms with Crippen molar-refractivity contribution in [2.45, 2.75) is 18.8 Å². The van der Waals surface area contributed by atoms with Crippen molar-refractivity contribution in [2.24, 2.45) is 0 Å². The first kappa shape index (κ1) is 17.6. The Hall–Kier alpha value is -3.51. The molecule has 29 heavy (non-hydrogen) atoms. The van der Waals surface area contributed by atoms with Crippen LogP contribution in [0.3, 0.4) is 0 Å². The normalized spacial score (nSPS) is 13.2. The molecule has 2 aliphatic carbocycles. The first-order valence-corrected chi connectivity index (χ1v) is 9.99. The Kier molecular flexibility index (Phi) is 4.54. The fourth-order valence-electron chi connectivity index (χ4n) is 4.18. The molecular weight excluding hydrogens is 358 g/mol. The number of benzene rings is 3. The van der Waals surface area contributed by atoms with Gasteiger partial charge in [-0.3, -0.25) is 0 Å². The van der Waals surface area contributed by atoms with Crippen molar-refractivity contribution in [1.29, 1.82) is 0 Å². The van der Waals surface area contributed by atoms with Crippen LogP contribution in [0, 0.1) is 11.8 Å². The lowest BCUT2D eigenvalue weighted by Gasteiger charge is -2.17. The summed E-state index contributed by atoms with van der Waals surface area (Å²) in [5, 5.41) is 2.73. The number of alkyl carbamates (subject to hydrolysis) is 1. The zero-order chi connectivity index (χ0) is 19.6. The molecule has 1 amide bonds. The van der Waals surface area contributed by atoms with Crippen LogP contribution < -0.4 is 5.32 Å². The van der Waals surface area contributed by atoms with Crippen molar-refractivity contribution >= 4 is 6.09 Å². The maximum absolute atomic E-state index is 12.1. The second kappa shape index (κ2) is 7.48. The monoisotopic (exact) mass is 379 g/mol. The molecule has 0 heterocycles. The summed E-state index contributed by atoms with van der Waals surface area (Å²) < 4.78 is 5.52. The summed E-state index contributed by atoms with van der Waals surface area (Å²) in [6, 6.07) is 22.9. The first-order valence-electron chi connectivity index (χ1n) is 9.99. The third-order valence-corrected chi connectivity index (χ3v) is 5.77. The Bertz CT molecular complexity index is 1110. The number of carbonyl (C=O) groups excluding carboxylic acids is 1. The maximum Gasteiger partial charge on any atom is 0.407 e. The molecule has 1 N–H and O–H groups in total. The number of rotatable bonds is 3. The Morgan fingerprint density at radius 3 is 2.28 bits per heavy atom. The van der Waals surface area contributed by atoms with Gasteiger partial charge in [0.05, 0.1) is 6.54 Å². The van der Waals surface area contributed by atoms with E-state index < -0.39 is 6.09 Å². The van der Waals surface area contributed by atoms with E-state index in [1.807, 2.05) is 30.3 Å². The Morgan fingerprint density at radius 2 is 1.62 bits per heavy atom. The number of hydrogen-bond acceptors (Lipinski definition) is 2. The van der Waals surface area contributed by atoms with Gasteiger partial charge < -0.3 is 10.1 Å². The predicted molar refractivity (Wildman–Crippen MR) is 114 cm³/mol. The lowest BCUT2D eigenvalue weighted by molar-refractivity contribution is 0.144. The second-order valence-corrected chi connectivity index (χ2v) is 7.46. The fourth-order valence-corrected chi connectivity index (χ4v) is 4.18. The summed E-state index contributed by atoms with van der Waals surface area (Å²) in [7, 11) is 0. The molecule has 0 bridgehead atoms. The van der Waals surface area contributed by atoms with E-state index in [-0.39, 0.29) is 12.5 Å². The number of fused-ring (bicyclic) bond motifs is 4. The van der Waals surface area contributed by atoms with Crippen LogP contribution in [0.25, 0.3) is 11.1 Å². The molecule has 0 radical (unpaired) electrons. The van der Waals surface area contributed by atoms with Gasteiger partial charge in [-0.15, -0.1) is 0 Å². The van der Waals surface area contributed by atoms with Gasteiger partial charge in [0.2, 0.25) is 0 Å². The molecule has 3 heteroatoms. The van der Waals surface area contributed by atoms with Crippen LogP contribution in [0.4, 0.5) is 4.79 Å². The van der Waals surface area contributed by atoms with Crippen molar-refractivity contribution in [3.05, 3.63) is 94.5 Å². The highest BCUT2D eigenvalue weighted by Crippen LogP contribution is 2.44. The lowest BCUT2D eigenvalue weighted by Crippen LogP contribution is -2.26. The van der Waals surface area contributed by atoms with Gasteiger partial charge in [0, 0.05) is 11.5 Å². The van der Waals surface area contributed by atoms with Crippen molar-refractivity contribution in [3.63, 3.8) is 0 Å².